The molecule has 1 aliphatic carbocycles. The Kier molecular flexibility index (Phi) is 5.56. The predicted octanol–water partition coefficient (Wildman–Crippen LogP) is 3.54. The van der Waals surface area contributed by atoms with Crippen LogP contribution in [-0.2, 0) is 22.7 Å². The number of benzene rings is 2. The van der Waals surface area contributed by atoms with Gasteiger partial charge in [-0.2, -0.15) is 0 Å². The average Bonchev–Trinajstić information content (AvgIpc) is 2.75. The van der Waals surface area contributed by atoms with Crippen LogP contribution in [0.5, 0.6) is 0 Å². The van der Waals surface area contributed by atoms with Crippen molar-refractivity contribution in [1.82, 2.24) is 10.2 Å². The second-order valence-corrected chi connectivity index (χ2v) is 7.70. The quantitative estimate of drug-likeness (QED) is 0.814. The molecule has 1 heterocycles. The van der Waals surface area contributed by atoms with E-state index in [1.807, 2.05) is 65.6 Å². The Morgan fingerprint density at radius 1 is 1.00 bits per heavy atom. The molecule has 0 radical (unpaired) electrons. The standard InChI is InChI=1S/C24H26N2O2/c27-23(25-16-18-8-3-1-4-9-18)21-13-7-12-20-14-15-26(24(28)22(20)21)17-19-10-5-2-6-11-19/h1-12,20-22H,13-17H2,(H,25,27)/t20-,21-,22+/m0/s1. The van der Waals surface area contributed by atoms with Crippen LogP contribution in [0.2, 0.25) is 0 Å². The number of likely N-dealkylation sites (tertiary alicyclic amines) is 1. The first-order valence-electron chi connectivity index (χ1n) is 10.0. The van der Waals surface area contributed by atoms with Gasteiger partial charge < -0.3 is 10.2 Å². The number of carbonyl (C=O) groups excluding carboxylic acids is 2. The van der Waals surface area contributed by atoms with E-state index in [1.54, 1.807) is 0 Å². The normalized spacial score (nSPS) is 23.9. The SMILES string of the molecule is O=C(NCc1ccccc1)[C@H]1CC=C[C@H]2CCN(Cc3ccccc3)C(=O)[C@@H]12. The average molecular weight is 374 g/mol. The minimum absolute atomic E-state index is 0.0156. The molecule has 0 unspecified atom stereocenters. The Balaban J connectivity index is 1.45. The number of piperidine rings is 1. The van der Waals surface area contributed by atoms with Gasteiger partial charge in [0.05, 0.1) is 11.8 Å². The van der Waals surface area contributed by atoms with Gasteiger partial charge in [0.25, 0.3) is 0 Å². The second kappa shape index (κ2) is 8.42. The van der Waals surface area contributed by atoms with E-state index in [0.717, 1.165) is 24.1 Å². The number of allylic oxidation sites excluding steroid dienone is 2. The predicted molar refractivity (Wildman–Crippen MR) is 109 cm³/mol. The summed E-state index contributed by atoms with van der Waals surface area (Å²) < 4.78 is 0. The fourth-order valence-electron chi connectivity index (χ4n) is 4.37. The van der Waals surface area contributed by atoms with E-state index < -0.39 is 0 Å². The highest BCUT2D eigenvalue weighted by Gasteiger charge is 2.44. The fourth-order valence-corrected chi connectivity index (χ4v) is 4.37. The van der Waals surface area contributed by atoms with Gasteiger partial charge in [-0.1, -0.05) is 72.8 Å². The number of hydrogen-bond acceptors (Lipinski definition) is 2. The third-order valence-electron chi connectivity index (χ3n) is 5.86. The molecule has 0 aromatic heterocycles. The van der Waals surface area contributed by atoms with Gasteiger partial charge in [-0.15, -0.1) is 0 Å². The van der Waals surface area contributed by atoms with Crippen molar-refractivity contribution in [3.8, 4) is 0 Å². The largest absolute Gasteiger partial charge is 0.352 e. The highest BCUT2D eigenvalue weighted by molar-refractivity contribution is 5.89. The van der Waals surface area contributed by atoms with E-state index in [9.17, 15) is 9.59 Å². The first kappa shape index (κ1) is 18.5. The zero-order valence-corrected chi connectivity index (χ0v) is 16.0. The summed E-state index contributed by atoms with van der Waals surface area (Å²) in [5, 5.41) is 3.04. The van der Waals surface area contributed by atoms with E-state index in [2.05, 4.69) is 17.5 Å². The summed E-state index contributed by atoms with van der Waals surface area (Å²) in [6.07, 6.45) is 5.77. The fraction of sp³-hybridized carbons (Fsp3) is 0.333. The maximum atomic E-state index is 13.3. The molecule has 28 heavy (non-hydrogen) atoms. The lowest BCUT2D eigenvalue weighted by Crippen LogP contribution is -2.51. The van der Waals surface area contributed by atoms with Crippen LogP contribution < -0.4 is 5.32 Å². The monoisotopic (exact) mass is 374 g/mol. The van der Waals surface area contributed by atoms with Gasteiger partial charge in [0, 0.05) is 19.6 Å². The molecule has 1 N–H and O–H groups in total. The third kappa shape index (κ3) is 4.01. The molecule has 4 heteroatoms. The maximum absolute atomic E-state index is 13.3. The van der Waals surface area contributed by atoms with Gasteiger partial charge in [0.15, 0.2) is 0 Å². The zero-order chi connectivity index (χ0) is 19.3. The lowest BCUT2D eigenvalue weighted by atomic mass is 9.71. The van der Waals surface area contributed by atoms with Crippen LogP contribution in [-0.4, -0.2) is 23.3 Å². The molecular formula is C24H26N2O2. The minimum atomic E-state index is -0.287. The van der Waals surface area contributed by atoms with Crippen molar-refractivity contribution in [3.05, 3.63) is 83.9 Å². The van der Waals surface area contributed by atoms with Crippen LogP contribution in [0.1, 0.15) is 24.0 Å². The van der Waals surface area contributed by atoms with E-state index in [4.69, 9.17) is 0 Å². The third-order valence-corrected chi connectivity index (χ3v) is 5.86. The highest BCUT2D eigenvalue weighted by atomic mass is 16.2. The summed E-state index contributed by atoms with van der Waals surface area (Å²) in [4.78, 5) is 28.1. The van der Waals surface area contributed by atoms with Gasteiger partial charge >= 0.3 is 0 Å². The van der Waals surface area contributed by atoms with Gasteiger partial charge in [-0.25, -0.2) is 0 Å². The summed E-state index contributed by atoms with van der Waals surface area (Å²) in [6, 6.07) is 20.0. The van der Waals surface area contributed by atoms with Gasteiger partial charge in [0.2, 0.25) is 11.8 Å². The number of carbonyl (C=O) groups is 2. The first-order valence-corrected chi connectivity index (χ1v) is 10.0. The molecule has 2 amide bonds. The molecule has 3 atom stereocenters. The van der Waals surface area contributed by atoms with Gasteiger partial charge in [-0.05, 0) is 29.9 Å². The van der Waals surface area contributed by atoms with E-state index in [-0.39, 0.29) is 29.6 Å². The second-order valence-electron chi connectivity index (χ2n) is 7.70. The van der Waals surface area contributed by atoms with Crippen LogP contribution in [0, 0.1) is 17.8 Å². The Morgan fingerprint density at radius 3 is 2.39 bits per heavy atom. The Labute approximate surface area is 166 Å². The van der Waals surface area contributed by atoms with Crippen LogP contribution in [0.3, 0.4) is 0 Å². The molecule has 4 nitrogen and oxygen atoms in total. The molecule has 1 fully saturated rings. The van der Waals surface area contributed by atoms with Crippen LogP contribution in [0.25, 0.3) is 0 Å². The number of rotatable bonds is 5. The summed E-state index contributed by atoms with van der Waals surface area (Å²) in [7, 11) is 0. The molecule has 2 aromatic rings. The Bertz CT molecular complexity index is 847. The van der Waals surface area contributed by atoms with Crippen molar-refractivity contribution >= 4 is 11.8 Å². The first-order chi connectivity index (χ1) is 13.7. The number of hydrogen-bond donors (Lipinski definition) is 1. The topological polar surface area (TPSA) is 49.4 Å². The smallest absolute Gasteiger partial charge is 0.227 e. The van der Waals surface area contributed by atoms with Crippen LogP contribution in [0.4, 0.5) is 0 Å². The number of nitrogens with zero attached hydrogens (tertiary/aromatic N) is 1. The zero-order valence-electron chi connectivity index (χ0n) is 16.0. The Hall–Kier alpha value is -2.88. The van der Waals surface area contributed by atoms with Crippen molar-refractivity contribution in [1.29, 1.82) is 0 Å². The van der Waals surface area contributed by atoms with Gasteiger partial charge in [0.1, 0.15) is 0 Å². The minimum Gasteiger partial charge on any atom is -0.352 e. The number of amides is 2. The number of fused-ring (bicyclic) bond motifs is 1. The van der Waals surface area contributed by atoms with Crippen molar-refractivity contribution in [2.24, 2.45) is 17.8 Å². The molecule has 1 saturated heterocycles. The summed E-state index contributed by atoms with van der Waals surface area (Å²) in [6.45, 7) is 1.86. The summed E-state index contributed by atoms with van der Waals surface area (Å²) in [5.41, 5.74) is 2.20. The molecular weight excluding hydrogens is 348 g/mol. The molecule has 0 spiro atoms. The van der Waals surface area contributed by atoms with Crippen molar-refractivity contribution < 1.29 is 9.59 Å². The molecule has 0 bridgehead atoms. The van der Waals surface area contributed by atoms with Crippen molar-refractivity contribution in [2.75, 3.05) is 6.54 Å². The van der Waals surface area contributed by atoms with Crippen LogP contribution >= 0.6 is 0 Å². The van der Waals surface area contributed by atoms with Crippen LogP contribution in [0.15, 0.2) is 72.8 Å². The van der Waals surface area contributed by atoms with E-state index in [0.29, 0.717) is 19.5 Å². The van der Waals surface area contributed by atoms with Crippen molar-refractivity contribution in [3.63, 3.8) is 0 Å². The van der Waals surface area contributed by atoms with E-state index in [1.165, 1.54) is 0 Å². The van der Waals surface area contributed by atoms with Crippen molar-refractivity contribution in [2.45, 2.75) is 25.9 Å². The highest BCUT2D eigenvalue weighted by Crippen LogP contribution is 2.37. The maximum Gasteiger partial charge on any atom is 0.227 e. The summed E-state index contributed by atoms with van der Waals surface area (Å²) in [5.74, 6) is -0.272. The molecule has 144 valence electrons. The molecule has 2 aromatic carbocycles. The molecule has 0 saturated carbocycles. The summed E-state index contributed by atoms with van der Waals surface area (Å²) >= 11 is 0. The lowest BCUT2D eigenvalue weighted by Gasteiger charge is -2.41. The van der Waals surface area contributed by atoms with E-state index >= 15 is 0 Å². The molecule has 1 aliphatic heterocycles. The Morgan fingerprint density at radius 2 is 1.68 bits per heavy atom. The van der Waals surface area contributed by atoms with Gasteiger partial charge in [-0.3, -0.25) is 9.59 Å². The molecule has 4 rings (SSSR count). The molecule has 2 aliphatic rings. The lowest BCUT2D eigenvalue weighted by molar-refractivity contribution is -0.148. The number of nitrogens with one attached hydrogen (secondary N) is 1.